The minimum Gasteiger partial charge on any atom is -0.463 e. The Kier molecular flexibility index (Phi) is 12.2. The first-order valence-electron chi connectivity index (χ1n) is 14.4. The molecule has 0 spiro atoms. The van der Waals surface area contributed by atoms with Gasteiger partial charge in [0.05, 0.1) is 13.2 Å². The Hall–Kier alpha value is -3.58. The zero-order chi connectivity index (χ0) is 32.5. The fourth-order valence-electron chi connectivity index (χ4n) is 5.44. The maximum absolute atomic E-state index is 12.1. The monoisotopic (exact) mass is 630 g/mol. The molecule has 0 saturated carbocycles. The van der Waals surface area contributed by atoms with Gasteiger partial charge >= 0.3 is 23.9 Å². The number of hydrogen-bond donors (Lipinski definition) is 0. The van der Waals surface area contributed by atoms with E-state index in [1.165, 1.54) is 27.7 Å². The first kappa shape index (κ1) is 34.9. The second kappa shape index (κ2) is 15.4. The van der Waals surface area contributed by atoms with E-state index in [1.54, 1.807) is 0 Å². The molecule has 0 amide bonds. The SMILES string of the molecule is CC(=O)OC[C@H]1O[C@@H](OCCO[Si](c2ccccc2)(c2ccccc2)C(C)(C)C)C(OC(C)=O)[C@@H](OC(C)=O)[C@@H]1OC(C)=O. The van der Waals surface area contributed by atoms with Crippen LogP contribution in [-0.2, 0) is 52.0 Å². The fraction of sp³-hybridized carbons (Fsp3) is 0.500. The Bertz CT molecular complexity index is 1220. The zero-order valence-corrected chi connectivity index (χ0v) is 27.3. The second-order valence-electron chi connectivity index (χ2n) is 11.5. The molecule has 1 saturated heterocycles. The van der Waals surface area contributed by atoms with Crippen LogP contribution >= 0.6 is 0 Å². The molecule has 1 unspecified atom stereocenters. The fourth-order valence-corrected chi connectivity index (χ4v) is 9.99. The predicted molar refractivity (Wildman–Crippen MR) is 161 cm³/mol. The second-order valence-corrected chi connectivity index (χ2v) is 15.8. The highest BCUT2D eigenvalue weighted by molar-refractivity contribution is 6.99. The van der Waals surface area contributed by atoms with E-state index in [0.717, 1.165) is 10.4 Å². The molecular weight excluding hydrogens is 588 g/mol. The van der Waals surface area contributed by atoms with Crippen LogP contribution in [0.25, 0.3) is 0 Å². The molecule has 1 aliphatic rings. The Balaban J connectivity index is 1.92. The molecule has 1 heterocycles. The van der Waals surface area contributed by atoms with Crippen LogP contribution in [0.4, 0.5) is 0 Å². The van der Waals surface area contributed by atoms with Crippen LogP contribution in [0.1, 0.15) is 48.5 Å². The maximum Gasteiger partial charge on any atom is 0.303 e. The van der Waals surface area contributed by atoms with E-state index < -0.39 is 62.9 Å². The minimum atomic E-state index is -2.87. The molecule has 0 aliphatic carbocycles. The Labute approximate surface area is 259 Å². The number of esters is 4. The Morgan fingerprint density at radius 1 is 0.682 bits per heavy atom. The van der Waals surface area contributed by atoms with E-state index in [4.69, 9.17) is 32.8 Å². The van der Waals surface area contributed by atoms with Crippen molar-refractivity contribution in [3.8, 4) is 0 Å². The standard InChI is InChI=1S/C32H42O11Si/c1-21(33)38-20-27-28(40-22(2)34)29(41-23(3)35)30(42-24(4)36)31(43-27)37-18-19-39-44(32(5,6)7,25-14-10-8-11-15-25)26-16-12-9-13-17-26/h8-17,27-31H,18-20H2,1-7H3/t27-,28-,29+,30?,31-/m1/s1. The van der Waals surface area contributed by atoms with Gasteiger partial charge in [-0.3, -0.25) is 19.2 Å². The molecule has 5 atom stereocenters. The molecule has 0 aromatic heterocycles. The number of carbonyl (C=O) groups is 4. The van der Waals surface area contributed by atoms with Gasteiger partial charge < -0.3 is 32.8 Å². The van der Waals surface area contributed by atoms with E-state index >= 15 is 0 Å². The van der Waals surface area contributed by atoms with E-state index in [2.05, 4.69) is 45.0 Å². The minimum absolute atomic E-state index is 0.00175. The van der Waals surface area contributed by atoms with Crippen molar-refractivity contribution < 1.29 is 52.0 Å². The summed E-state index contributed by atoms with van der Waals surface area (Å²) in [6.07, 6.45) is -6.24. The molecule has 2 aromatic rings. The van der Waals surface area contributed by atoms with Crippen LogP contribution in [0, 0.1) is 0 Å². The lowest BCUT2D eigenvalue weighted by atomic mass is 9.98. The van der Waals surface area contributed by atoms with Crippen LogP contribution in [0.2, 0.25) is 5.04 Å². The summed E-state index contributed by atoms with van der Waals surface area (Å²) in [5.41, 5.74) is 0. The lowest BCUT2D eigenvalue weighted by Gasteiger charge is -2.44. The highest BCUT2D eigenvalue weighted by atomic mass is 28.4. The van der Waals surface area contributed by atoms with E-state index in [0.29, 0.717) is 0 Å². The molecule has 44 heavy (non-hydrogen) atoms. The van der Waals surface area contributed by atoms with Crippen LogP contribution < -0.4 is 10.4 Å². The predicted octanol–water partition coefficient (Wildman–Crippen LogP) is 2.66. The van der Waals surface area contributed by atoms with Gasteiger partial charge in [-0.05, 0) is 15.4 Å². The number of ether oxygens (including phenoxy) is 6. The number of benzene rings is 2. The summed E-state index contributed by atoms with van der Waals surface area (Å²) >= 11 is 0. The van der Waals surface area contributed by atoms with Gasteiger partial charge in [-0.25, -0.2) is 0 Å². The number of hydrogen-bond acceptors (Lipinski definition) is 11. The van der Waals surface area contributed by atoms with Gasteiger partial charge in [0.2, 0.25) is 0 Å². The molecular formula is C32H42O11Si. The van der Waals surface area contributed by atoms with Gasteiger partial charge in [-0.15, -0.1) is 0 Å². The topological polar surface area (TPSA) is 133 Å². The molecule has 1 aliphatic heterocycles. The third-order valence-corrected chi connectivity index (χ3v) is 12.1. The lowest BCUT2D eigenvalue weighted by molar-refractivity contribution is -0.308. The van der Waals surface area contributed by atoms with E-state index in [-0.39, 0.29) is 24.9 Å². The smallest absolute Gasteiger partial charge is 0.303 e. The van der Waals surface area contributed by atoms with Gasteiger partial charge in [-0.2, -0.15) is 0 Å². The molecule has 240 valence electrons. The van der Waals surface area contributed by atoms with E-state index in [1.807, 2.05) is 36.4 Å². The Morgan fingerprint density at radius 3 is 1.61 bits per heavy atom. The van der Waals surface area contributed by atoms with Crippen LogP contribution in [-0.4, -0.2) is 82.7 Å². The Morgan fingerprint density at radius 2 is 1.16 bits per heavy atom. The van der Waals surface area contributed by atoms with Crippen molar-refractivity contribution in [2.75, 3.05) is 19.8 Å². The van der Waals surface area contributed by atoms with Gasteiger partial charge in [-0.1, -0.05) is 81.4 Å². The van der Waals surface area contributed by atoms with Crippen molar-refractivity contribution in [1.82, 2.24) is 0 Å². The molecule has 11 nitrogen and oxygen atoms in total. The van der Waals surface area contributed by atoms with Crippen LogP contribution in [0.3, 0.4) is 0 Å². The summed E-state index contributed by atoms with van der Waals surface area (Å²) in [4.78, 5) is 47.8. The number of carbonyl (C=O) groups excluding carboxylic acids is 4. The summed E-state index contributed by atoms with van der Waals surface area (Å²) in [5.74, 6) is -2.72. The summed E-state index contributed by atoms with van der Waals surface area (Å²) in [6, 6.07) is 20.2. The van der Waals surface area contributed by atoms with Gasteiger partial charge in [0.15, 0.2) is 24.6 Å². The van der Waals surface area contributed by atoms with E-state index in [9.17, 15) is 19.2 Å². The third-order valence-electron chi connectivity index (χ3n) is 7.05. The highest BCUT2D eigenvalue weighted by Gasteiger charge is 2.53. The van der Waals surface area contributed by atoms with Gasteiger partial charge in [0.1, 0.15) is 12.7 Å². The maximum atomic E-state index is 12.1. The van der Waals surface area contributed by atoms with Crippen molar-refractivity contribution in [1.29, 1.82) is 0 Å². The molecule has 0 radical (unpaired) electrons. The van der Waals surface area contributed by atoms with Crippen molar-refractivity contribution in [2.24, 2.45) is 0 Å². The van der Waals surface area contributed by atoms with Crippen molar-refractivity contribution >= 4 is 42.6 Å². The average molecular weight is 631 g/mol. The third kappa shape index (κ3) is 8.75. The van der Waals surface area contributed by atoms with Crippen molar-refractivity contribution in [2.45, 2.75) is 84.2 Å². The molecule has 2 aromatic carbocycles. The van der Waals surface area contributed by atoms with Gasteiger partial charge in [0.25, 0.3) is 8.32 Å². The lowest BCUT2D eigenvalue weighted by Crippen LogP contribution is -2.67. The van der Waals surface area contributed by atoms with Crippen LogP contribution in [0.5, 0.6) is 0 Å². The van der Waals surface area contributed by atoms with Crippen LogP contribution in [0.15, 0.2) is 60.7 Å². The van der Waals surface area contributed by atoms with Crippen molar-refractivity contribution in [3.05, 3.63) is 60.7 Å². The molecule has 12 heteroatoms. The summed E-state index contributed by atoms with van der Waals surface area (Å²) in [7, 11) is -2.87. The molecule has 1 fully saturated rings. The first-order chi connectivity index (χ1) is 20.8. The quantitative estimate of drug-likeness (QED) is 0.148. The van der Waals surface area contributed by atoms with Crippen molar-refractivity contribution in [3.63, 3.8) is 0 Å². The van der Waals surface area contributed by atoms with Gasteiger partial charge in [0, 0.05) is 27.7 Å². The molecule has 3 rings (SSSR count). The number of rotatable bonds is 12. The average Bonchev–Trinajstić information content (AvgIpc) is 2.94. The highest BCUT2D eigenvalue weighted by Crippen LogP contribution is 2.37. The summed E-state index contributed by atoms with van der Waals surface area (Å²) < 4.78 is 40.6. The zero-order valence-electron chi connectivity index (χ0n) is 26.3. The summed E-state index contributed by atoms with van der Waals surface area (Å²) in [6.45, 7) is 11.0. The largest absolute Gasteiger partial charge is 0.463 e. The summed E-state index contributed by atoms with van der Waals surface area (Å²) in [5, 5.41) is 1.90. The first-order valence-corrected chi connectivity index (χ1v) is 16.3. The normalized spacial score (nSPS) is 22.0. The molecule has 0 bridgehead atoms. The molecule has 0 N–H and O–H groups in total.